The fourth-order valence-corrected chi connectivity index (χ4v) is 7.21. The van der Waals surface area contributed by atoms with E-state index in [0.717, 1.165) is 66.8 Å². The molecule has 0 spiro atoms. The lowest BCUT2D eigenvalue weighted by Gasteiger charge is -2.26. The van der Waals surface area contributed by atoms with Gasteiger partial charge in [0.15, 0.2) is 5.58 Å². The summed E-state index contributed by atoms with van der Waals surface area (Å²) in [5, 5.41) is 4.64. The summed E-state index contributed by atoms with van der Waals surface area (Å²) in [6.07, 6.45) is 0. The fourth-order valence-electron chi connectivity index (χ4n) is 7.21. The SMILES string of the molecule is c1ccc(-c2nc3cccc(-c4ccc(N(c5ccc(-c6ccc7ccccc7c6)cc5)c5cccc6oc7ccccc7c56)cc4)c3o2)cc1. The van der Waals surface area contributed by atoms with Gasteiger partial charge in [-0.2, -0.15) is 0 Å². The summed E-state index contributed by atoms with van der Waals surface area (Å²) in [4.78, 5) is 7.12. The number of aromatic nitrogens is 1. The fraction of sp³-hybridized carbons (Fsp3) is 0. The molecule has 0 bridgehead atoms. The molecule has 4 nitrogen and oxygen atoms in total. The van der Waals surface area contributed by atoms with Crippen LogP contribution in [0.15, 0.2) is 191 Å². The highest BCUT2D eigenvalue weighted by Crippen LogP contribution is 2.44. The summed E-state index contributed by atoms with van der Waals surface area (Å²) in [6, 6.07) is 63.4. The largest absolute Gasteiger partial charge is 0.456 e. The Morgan fingerprint density at radius 3 is 1.92 bits per heavy atom. The molecule has 2 aromatic heterocycles. The maximum absolute atomic E-state index is 6.38. The maximum atomic E-state index is 6.38. The lowest BCUT2D eigenvalue weighted by atomic mass is 10.0. The normalized spacial score (nSPS) is 11.5. The molecule has 0 atom stereocenters. The summed E-state index contributed by atoms with van der Waals surface area (Å²) in [7, 11) is 0. The number of para-hydroxylation sites is 2. The minimum Gasteiger partial charge on any atom is -0.456 e. The Bertz CT molecular complexity index is 2850. The first-order valence-electron chi connectivity index (χ1n) is 17.1. The summed E-state index contributed by atoms with van der Waals surface area (Å²) in [6.45, 7) is 0. The number of rotatable bonds is 6. The Morgan fingerprint density at radius 2 is 1.10 bits per heavy atom. The van der Waals surface area contributed by atoms with E-state index in [0.29, 0.717) is 5.89 Å². The summed E-state index contributed by atoms with van der Waals surface area (Å²) < 4.78 is 12.7. The zero-order valence-electron chi connectivity index (χ0n) is 27.5. The number of oxazole rings is 1. The third-order valence-electron chi connectivity index (χ3n) is 9.70. The van der Waals surface area contributed by atoms with Gasteiger partial charge in [-0.3, -0.25) is 0 Å². The van der Waals surface area contributed by atoms with E-state index in [1.807, 2.05) is 60.7 Å². The quantitative estimate of drug-likeness (QED) is 0.179. The molecule has 0 saturated carbocycles. The highest BCUT2D eigenvalue weighted by atomic mass is 16.3. The molecule has 51 heavy (non-hydrogen) atoms. The zero-order chi connectivity index (χ0) is 33.7. The Morgan fingerprint density at radius 1 is 0.431 bits per heavy atom. The second kappa shape index (κ2) is 11.9. The third-order valence-corrected chi connectivity index (χ3v) is 9.70. The van der Waals surface area contributed by atoms with Crippen molar-refractivity contribution in [1.29, 1.82) is 0 Å². The molecular weight excluding hydrogens is 625 g/mol. The average Bonchev–Trinajstić information content (AvgIpc) is 3.81. The molecule has 0 amide bonds. The van der Waals surface area contributed by atoms with Crippen molar-refractivity contribution >= 4 is 60.9 Å². The molecule has 0 fully saturated rings. The van der Waals surface area contributed by atoms with Crippen molar-refractivity contribution in [1.82, 2.24) is 4.98 Å². The monoisotopic (exact) mass is 654 g/mol. The lowest BCUT2D eigenvalue weighted by molar-refractivity contribution is 0.621. The molecule has 10 aromatic rings. The standard InChI is InChI=1S/C47H30N2O2/c1-2-11-34(12-3-1)47-48-41-16-8-15-39(46(41)51-47)33-24-28-38(29-25-33)49(42-17-9-19-44-45(42)40-14-6-7-18-43(40)50-44)37-26-22-32(23-27-37)36-21-20-31-10-4-5-13-35(31)30-36/h1-30H. The van der Waals surface area contributed by atoms with Crippen molar-refractivity contribution in [2.24, 2.45) is 0 Å². The average molecular weight is 655 g/mol. The van der Waals surface area contributed by atoms with Gasteiger partial charge in [-0.05, 0) is 94.2 Å². The van der Waals surface area contributed by atoms with Crippen molar-refractivity contribution in [3.8, 4) is 33.7 Å². The smallest absolute Gasteiger partial charge is 0.227 e. The molecule has 0 aliphatic carbocycles. The van der Waals surface area contributed by atoms with Crippen molar-refractivity contribution in [3.05, 3.63) is 182 Å². The van der Waals surface area contributed by atoms with Crippen LogP contribution in [-0.2, 0) is 0 Å². The van der Waals surface area contributed by atoms with Crippen LogP contribution in [0.1, 0.15) is 0 Å². The Labute approximate surface area is 294 Å². The molecule has 8 aromatic carbocycles. The van der Waals surface area contributed by atoms with Crippen molar-refractivity contribution in [2.75, 3.05) is 4.90 Å². The molecule has 0 aliphatic heterocycles. The Kier molecular flexibility index (Phi) is 6.78. The van der Waals surface area contributed by atoms with Gasteiger partial charge < -0.3 is 13.7 Å². The van der Waals surface area contributed by atoms with Gasteiger partial charge in [0, 0.05) is 27.9 Å². The van der Waals surface area contributed by atoms with E-state index in [9.17, 15) is 0 Å². The molecule has 0 N–H and O–H groups in total. The van der Waals surface area contributed by atoms with Gasteiger partial charge in [-0.15, -0.1) is 0 Å². The number of furan rings is 1. The predicted molar refractivity (Wildman–Crippen MR) is 210 cm³/mol. The van der Waals surface area contributed by atoms with Crippen LogP contribution >= 0.6 is 0 Å². The topological polar surface area (TPSA) is 42.4 Å². The number of benzene rings is 8. The van der Waals surface area contributed by atoms with E-state index in [1.165, 1.54) is 21.9 Å². The number of nitrogens with zero attached hydrogens (tertiary/aromatic N) is 2. The minimum absolute atomic E-state index is 0.619. The first kappa shape index (κ1) is 29.0. The maximum Gasteiger partial charge on any atom is 0.227 e. The zero-order valence-corrected chi connectivity index (χ0v) is 27.5. The number of fused-ring (bicyclic) bond motifs is 5. The van der Waals surface area contributed by atoms with Gasteiger partial charge >= 0.3 is 0 Å². The van der Waals surface area contributed by atoms with Gasteiger partial charge in [0.1, 0.15) is 16.7 Å². The Hall–Kier alpha value is -6.91. The lowest BCUT2D eigenvalue weighted by Crippen LogP contribution is -2.10. The van der Waals surface area contributed by atoms with Gasteiger partial charge in [0.25, 0.3) is 0 Å². The molecule has 2 heterocycles. The van der Waals surface area contributed by atoms with Crippen LogP contribution in [0.25, 0.3) is 77.5 Å². The summed E-state index contributed by atoms with van der Waals surface area (Å²) in [5.74, 6) is 0.619. The number of hydrogen-bond donors (Lipinski definition) is 0. The van der Waals surface area contributed by atoms with Crippen molar-refractivity contribution < 1.29 is 8.83 Å². The second-order valence-corrected chi connectivity index (χ2v) is 12.8. The van der Waals surface area contributed by atoms with Crippen molar-refractivity contribution in [2.45, 2.75) is 0 Å². The van der Waals surface area contributed by atoms with Crippen LogP contribution in [0.4, 0.5) is 17.1 Å². The van der Waals surface area contributed by atoms with E-state index in [4.69, 9.17) is 13.8 Å². The molecule has 0 aliphatic rings. The highest BCUT2D eigenvalue weighted by molar-refractivity contribution is 6.13. The van der Waals surface area contributed by atoms with Crippen LogP contribution in [0.3, 0.4) is 0 Å². The van der Waals surface area contributed by atoms with Crippen molar-refractivity contribution in [3.63, 3.8) is 0 Å². The molecular formula is C47H30N2O2. The van der Waals surface area contributed by atoms with E-state index < -0.39 is 0 Å². The molecule has 4 heteroatoms. The van der Waals surface area contributed by atoms with Crippen LogP contribution in [-0.4, -0.2) is 4.98 Å². The van der Waals surface area contributed by atoms with Gasteiger partial charge in [-0.25, -0.2) is 4.98 Å². The second-order valence-electron chi connectivity index (χ2n) is 12.8. The number of anilines is 3. The molecule has 0 unspecified atom stereocenters. The van der Waals surface area contributed by atoms with E-state index in [1.54, 1.807) is 0 Å². The van der Waals surface area contributed by atoms with Crippen LogP contribution in [0, 0.1) is 0 Å². The predicted octanol–water partition coefficient (Wildman–Crippen LogP) is 13.4. The molecule has 240 valence electrons. The summed E-state index contributed by atoms with van der Waals surface area (Å²) >= 11 is 0. The highest BCUT2D eigenvalue weighted by Gasteiger charge is 2.20. The first-order valence-corrected chi connectivity index (χ1v) is 17.1. The Balaban J connectivity index is 1.09. The first-order chi connectivity index (χ1) is 25.3. The molecule has 10 rings (SSSR count). The van der Waals surface area contributed by atoms with Crippen LogP contribution < -0.4 is 4.90 Å². The van der Waals surface area contributed by atoms with E-state index in [2.05, 4.69) is 126 Å². The van der Waals surface area contributed by atoms with Crippen LogP contribution in [0.5, 0.6) is 0 Å². The van der Waals surface area contributed by atoms with Gasteiger partial charge in [0.2, 0.25) is 5.89 Å². The summed E-state index contributed by atoms with van der Waals surface area (Å²) in [5.41, 5.74) is 11.8. The third kappa shape index (κ3) is 5.04. The van der Waals surface area contributed by atoms with Crippen LogP contribution in [0.2, 0.25) is 0 Å². The minimum atomic E-state index is 0.619. The van der Waals surface area contributed by atoms with Gasteiger partial charge in [-0.1, -0.05) is 115 Å². The molecule has 0 radical (unpaired) electrons. The number of hydrogen-bond acceptors (Lipinski definition) is 4. The molecule has 0 saturated heterocycles. The van der Waals surface area contributed by atoms with Gasteiger partial charge in [0.05, 0.1) is 11.1 Å². The van der Waals surface area contributed by atoms with E-state index in [-0.39, 0.29) is 0 Å². The van der Waals surface area contributed by atoms with E-state index >= 15 is 0 Å².